The lowest BCUT2D eigenvalue weighted by molar-refractivity contribution is -0.274. The molecule has 0 heterocycles. The third kappa shape index (κ3) is 6.04. The van der Waals surface area contributed by atoms with Gasteiger partial charge in [-0.25, -0.2) is 8.42 Å². The number of hydrogen-bond acceptors (Lipinski definition) is 5. The predicted octanol–water partition coefficient (Wildman–Crippen LogP) is 3.72. The van der Waals surface area contributed by atoms with Crippen LogP contribution in [0.1, 0.15) is 5.56 Å². The average molecular weight is 405 g/mol. The highest BCUT2D eigenvalue weighted by Gasteiger charge is 2.32. The van der Waals surface area contributed by atoms with Crippen LogP contribution < -0.4 is 14.2 Å². The molecule has 10 heteroatoms. The molecule has 0 aliphatic rings. The van der Waals surface area contributed by atoms with Crippen LogP contribution in [0.2, 0.25) is 0 Å². The highest BCUT2D eigenvalue weighted by atomic mass is 32.2. The molecule has 0 amide bonds. The normalized spacial score (nSPS) is 11.9. The van der Waals surface area contributed by atoms with Gasteiger partial charge in [0.25, 0.3) is 10.0 Å². The van der Waals surface area contributed by atoms with E-state index < -0.39 is 22.1 Å². The Kier molecular flexibility index (Phi) is 6.55. The van der Waals surface area contributed by atoms with E-state index in [4.69, 9.17) is 9.47 Å². The molecule has 0 saturated heterocycles. The Hall–Kier alpha value is -2.46. The summed E-state index contributed by atoms with van der Waals surface area (Å²) < 4.78 is 78.8. The van der Waals surface area contributed by atoms with Crippen LogP contribution in [0.3, 0.4) is 0 Å². The predicted molar refractivity (Wildman–Crippen MR) is 92.5 cm³/mol. The van der Waals surface area contributed by atoms with Gasteiger partial charge in [0.1, 0.15) is 12.4 Å². The van der Waals surface area contributed by atoms with Crippen molar-refractivity contribution in [1.82, 2.24) is 0 Å². The quantitative estimate of drug-likeness (QED) is 0.678. The molecule has 27 heavy (non-hydrogen) atoms. The van der Waals surface area contributed by atoms with E-state index in [1.807, 2.05) is 0 Å². The Bertz CT molecular complexity index is 884. The number of benzene rings is 2. The van der Waals surface area contributed by atoms with Gasteiger partial charge in [-0.15, -0.1) is 13.2 Å². The summed E-state index contributed by atoms with van der Waals surface area (Å²) in [7, 11) is -2.61. The van der Waals surface area contributed by atoms with Crippen molar-refractivity contribution in [3.63, 3.8) is 0 Å². The molecule has 0 aliphatic carbocycles. The Labute approximate surface area is 154 Å². The maximum absolute atomic E-state index is 12.5. The minimum absolute atomic E-state index is 0.124. The second-order valence-corrected chi connectivity index (χ2v) is 7.10. The highest BCUT2D eigenvalue weighted by molar-refractivity contribution is 7.92. The molecule has 0 spiro atoms. The zero-order valence-electron chi connectivity index (χ0n) is 14.5. The maximum atomic E-state index is 12.5. The van der Waals surface area contributed by atoms with Crippen molar-refractivity contribution in [1.29, 1.82) is 0 Å². The first-order chi connectivity index (χ1) is 12.6. The Morgan fingerprint density at radius 3 is 2.37 bits per heavy atom. The zero-order chi connectivity index (χ0) is 20.1. The van der Waals surface area contributed by atoms with E-state index in [0.29, 0.717) is 24.5 Å². The standard InChI is InChI=1S/C17H18F3NO5S/c1-12-11-13(7-8-15(12)25-10-9-24-2)27(22,23)21-14-5-3-4-6-16(14)26-17(18,19)20/h3-8,11,21H,9-10H2,1-2H3. The number of halogens is 3. The van der Waals surface area contributed by atoms with E-state index in [1.54, 1.807) is 6.92 Å². The molecular weight excluding hydrogens is 387 g/mol. The summed E-state index contributed by atoms with van der Waals surface area (Å²) in [6.45, 7) is 2.32. The van der Waals surface area contributed by atoms with Gasteiger partial charge >= 0.3 is 6.36 Å². The number of alkyl halides is 3. The maximum Gasteiger partial charge on any atom is 0.573 e. The van der Waals surface area contributed by atoms with Crippen molar-refractivity contribution in [3.05, 3.63) is 48.0 Å². The second kappa shape index (κ2) is 8.49. The topological polar surface area (TPSA) is 73.9 Å². The summed E-state index contributed by atoms with van der Waals surface area (Å²) in [6, 6.07) is 9.01. The number of nitrogens with one attached hydrogen (secondary N) is 1. The van der Waals surface area contributed by atoms with Crippen LogP contribution >= 0.6 is 0 Å². The summed E-state index contributed by atoms with van der Waals surface area (Å²) in [6.07, 6.45) is -4.95. The van der Waals surface area contributed by atoms with Crippen LogP contribution in [0.25, 0.3) is 0 Å². The van der Waals surface area contributed by atoms with Crippen molar-refractivity contribution >= 4 is 15.7 Å². The van der Waals surface area contributed by atoms with Gasteiger partial charge in [-0.2, -0.15) is 0 Å². The second-order valence-electron chi connectivity index (χ2n) is 5.42. The van der Waals surface area contributed by atoms with E-state index in [-0.39, 0.29) is 10.6 Å². The molecule has 0 saturated carbocycles. The molecule has 148 valence electrons. The molecular formula is C17H18F3NO5S. The van der Waals surface area contributed by atoms with Crippen molar-refractivity contribution < 1.29 is 35.8 Å². The van der Waals surface area contributed by atoms with E-state index in [2.05, 4.69) is 9.46 Å². The lowest BCUT2D eigenvalue weighted by Gasteiger charge is -2.15. The zero-order valence-corrected chi connectivity index (χ0v) is 15.4. The number of rotatable bonds is 8. The van der Waals surface area contributed by atoms with E-state index in [1.165, 1.54) is 43.5 Å². The summed E-state index contributed by atoms with van der Waals surface area (Å²) in [5.41, 5.74) is 0.224. The van der Waals surface area contributed by atoms with Crippen LogP contribution in [0.5, 0.6) is 11.5 Å². The summed E-state index contributed by atoms with van der Waals surface area (Å²) >= 11 is 0. The highest BCUT2D eigenvalue weighted by Crippen LogP contribution is 2.32. The minimum atomic E-state index is -4.95. The van der Waals surface area contributed by atoms with Crippen LogP contribution in [-0.2, 0) is 14.8 Å². The van der Waals surface area contributed by atoms with Crippen LogP contribution in [-0.4, -0.2) is 35.1 Å². The first-order valence-corrected chi connectivity index (χ1v) is 9.21. The number of sulfonamides is 1. The lowest BCUT2D eigenvalue weighted by atomic mass is 10.2. The molecule has 0 radical (unpaired) electrons. The van der Waals surface area contributed by atoms with Gasteiger partial charge in [0.15, 0.2) is 5.75 Å². The summed E-state index contributed by atoms with van der Waals surface area (Å²) in [5, 5.41) is 0. The smallest absolute Gasteiger partial charge is 0.491 e. The van der Waals surface area contributed by atoms with Crippen LogP contribution in [0.4, 0.5) is 18.9 Å². The van der Waals surface area contributed by atoms with Gasteiger partial charge in [0.05, 0.1) is 17.2 Å². The van der Waals surface area contributed by atoms with Crippen molar-refractivity contribution in [2.45, 2.75) is 18.2 Å². The Morgan fingerprint density at radius 1 is 1.04 bits per heavy atom. The van der Waals surface area contributed by atoms with E-state index in [0.717, 1.165) is 6.07 Å². The molecule has 1 N–H and O–H groups in total. The van der Waals surface area contributed by atoms with Crippen molar-refractivity contribution in [2.75, 3.05) is 25.0 Å². The number of aryl methyl sites for hydroxylation is 1. The van der Waals surface area contributed by atoms with E-state index >= 15 is 0 Å². The van der Waals surface area contributed by atoms with Crippen molar-refractivity contribution in [3.8, 4) is 11.5 Å². The first kappa shape index (κ1) is 20.8. The SMILES string of the molecule is COCCOc1ccc(S(=O)(=O)Nc2ccccc2OC(F)(F)F)cc1C. The fraction of sp³-hybridized carbons (Fsp3) is 0.294. The Balaban J connectivity index is 2.24. The molecule has 0 fully saturated rings. The number of anilines is 1. The van der Waals surface area contributed by atoms with Gasteiger partial charge in [0, 0.05) is 7.11 Å². The fourth-order valence-corrected chi connectivity index (χ4v) is 3.31. The van der Waals surface area contributed by atoms with Crippen molar-refractivity contribution in [2.24, 2.45) is 0 Å². The first-order valence-electron chi connectivity index (χ1n) is 7.72. The fourth-order valence-electron chi connectivity index (χ4n) is 2.15. The largest absolute Gasteiger partial charge is 0.573 e. The lowest BCUT2D eigenvalue weighted by Crippen LogP contribution is -2.20. The van der Waals surface area contributed by atoms with Gasteiger partial charge in [-0.1, -0.05) is 12.1 Å². The van der Waals surface area contributed by atoms with Gasteiger partial charge < -0.3 is 14.2 Å². The molecule has 0 atom stereocenters. The Morgan fingerprint density at radius 2 is 1.74 bits per heavy atom. The molecule has 0 aromatic heterocycles. The third-order valence-corrected chi connectivity index (χ3v) is 4.72. The molecule has 6 nitrogen and oxygen atoms in total. The monoisotopic (exact) mass is 405 g/mol. The molecule has 2 aromatic rings. The summed E-state index contributed by atoms with van der Waals surface area (Å²) in [4.78, 5) is -0.124. The third-order valence-electron chi connectivity index (χ3n) is 3.36. The molecule has 2 rings (SSSR count). The van der Waals surface area contributed by atoms with Gasteiger partial charge in [-0.3, -0.25) is 4.72 Å². The van der Waals surface area contributed by atoms with Gasteiger partial charge in [0.2, 0.25) is 0 Å². The molecule has 0 aliphatic heterocycles. The number of ether oxygens (including phenoxy) is 3. The minimum Gasteiger partial charge on any atom is -0.491 e. The number of methoxy groups -OCH3 is 1. The van der Waals surface area contributed by atoms with Gasteiger partial charge in [-0.05, 0) is 42.8 Å². The average Bonchev–Trinajstić information content (AvgIpc) is 2.56. The number of para-hydroxylation sites is 2. The van der Waals surface area contributed by atoms with Crippen LogP contribution in [0, 0.1) is 6.92 Å². The molecule has 0 unspecified atom stereocenters. The van der Waals surface area contributed by atoms with E-state index in [9.17, 15) is 21.6 Å². The number of hydrogen-bond donors (Lipinski definition) is 1. The van der Waals surface area contributed by atoms with Crippen LogP contribution in [0.15, 0.2) is 47.4 Å². The molecule has 2 aromatic carbocycles. The molecule has 0 bridgehead atoms. The summed E-state index contributed by atoms with van der Waals surface area (Å²) in [5.74, 6) is -0.170.